The van der Waals surface area contributed by atoms with Crippen LogP contribution in [0.15, 0.2) is 12.5 Å². The third-order valence-electron chi connectivity index (χ3n) is 4.92. The Morgan fingerprint density at radius 1 is 1.32 bits per heavy atom. The number of nitrogens with one attached hydrogen (secondary N) is 3. The van der Waals surface area contributed by atoms with E-state index in [2.05, 4.69) is 20.6 Å². The molecule has 170 valence electrons. The smallest absolute Gasteiger partial charge is 0.325 e. The highest BCUT2D eigenvalue weighted by molar-refractivity contribution is 5.96. The van der Waals surface area contributed by atoms with Crippen molar-refractivity contribution in [2.75, 3.05) is 6.54 Å². The van der Waals surface area contributed by atoms with Crippen LogP contribution in [0.4, 0.5) is 0 Å². The zero-order valence-electron chi connectivity index (χ0n) is 17.0. The van der Waals surface area contributed by atoms with Gasteiger partial charge in [0.25, 0.3) is 0 Å². The second-order valence-electron chi connectivity index (χ2n) is 7.38. The van der Waals surface area contributed by atoms with Crippen LogP contribution in [-0.4, -0.2) is 80.3 Å². The van der Waals surface area contributed by atoms with E-state index in [4.69, 9.17) is 16.6 Å². The number of aliphatic carboxylic acids is 1. The highest BCUT2D eigenvalue weighted by Gasteiger charge is 2.39. The van der Waals surface area contributed by atoms with Crippen LogP contribution in [-0.2, 0) is 30.4 Å². The Kier molecular flexibility index (Phi) is 8.07. The van der Waals surface area contributed by atoms with Crippen LogP contribution in [0.3, 0.4) is 0 Å². The number of hydrogen-bond acceptors (Lipinski definition) is 7. The van der Waals surface area contributed by atoms with Gasteiger partial charge in [-0.05, 0) is 19.8 Å². The molecule has 2 heterocycles. The number of carbonyl (C=O) groups excluding carboxylic acids is 4. The van der Waals surface area contributed by atoms with Crippen molar-refractivity contribution in [3.63, 3.8) is 0 Å². The molecule has 13 nitrogen and oxygen atoms in total. The van der Waals surface area contributed by atoms with Crippen molar-refractivity contribution in [1.82, 2.24) is 25.5 Å². The molecule has 1 aliphatic rings. The lowest BCUT2D eigenvalue weighted by Crippen LogP contribution is -2.57. The van der Waals surface area contributed by atoms with Crippen molar-refractivity contribution in [2.24, 2.45) is 11.5 Å². The standard InChI is InChI=1S/C18H27N7O6/c1-9(18(30)31)23-16(28)13-3-2-4-25(13)17(29)12(6-14(20)26)24-15(27)11(19)5-10-7-21-8-22-10/h7-9,11-13H,2-6,19H2,1H3,(H2,20,26)(H,21,22)(H,23,28)(H,24,27)(H,30,31). The number of carboxylic acids is 1. The van der Waals surface area contributed by atoms with Gasteiger partial charge >= 0.3 is 5.97 Å². The Balaban J connectivity index is 2.08. The third kappa shape index (κ3) is 6.50. The number of aromatic nitrogens is 2. The van der Waals surface area contributed by atoms with Crippen molar-refractivity contribution in [1.29, 1.82) is 0 Å². The number of hydrogen-bond donors (Lipinski definition) is 6. The van der Waals surface area contributed by atoms with Crippen molar-refractivity contribution < 1.29 is 29.1 Å². The number of nitrogens with zero attached hydrogens (tertiary/aromatic N) is 2. The first kappa shape index (κ1) is 23.8. The van der Waals surface area contributed by atoms with Gasteiger partial charge in [-0.25, -0.2) is 4.98 Å². The van der Waals surface area contributed by atoms with Gasteiger partial charge in [-0.2, -0.15) is 0 Å². The summed E-state index contributed by atoms with van der Waals surface area (Å²) in [6.07, 6.45) is 3.42. The molecule has 4 amide bonds. The monoisotopic (exact) mass is 437 g/mol. The molecule has 1 fully saturated rings. The SMILES string of the molecule is CC(NC(=O)C1CCCN1C(=O)C(CC(N)=O)NC(=O)C(N)Cc1cnc[nH]1)C(=O)O. The lowest BCUT2D eigenvalue weighted by molar-refractivity contribution is -0.145. The number of nitrogens with two attached hydrogens (primary N) is 2. The van der Waals surface area contributed by atoms with E-state index in [0.29, 0.717) is 18.5 Å². The number of carbonyl (C=O) groups is 5. The lowest BCUT2D eigenvalue weighted by atomic mass is 10.1. The largest absolute Gasteiger partial charge is 0.480 e. The Morgan fingerprint density at radius 3 is 2.61 bits per heavy atom. The molecule has 1 aromatic heterocycles. The van der Waals surface area contributed by atoms with E-state index >= 15 is 0 Å². The average molecular weight is 437 g/mol. The van der Waals surface area contributed by atoms with Crippen LogP contribution in [0.25, 0.3) is 0 Å². The lowest BCUT2D eigenvalue weighted by Gasteiger charge is -2.29. The summed E-state index contributed by atoms with van der Waals surface area (Å²) in [6, 6.07) is -4.37. The zero-order chi connectivity index (χ0) is 23.1. The molecular formula is C18H27N7O6. The van der Waals surface area contributed by atoms with E-state index in [-0.39, 0.29) is 13.0 Å². The van der Waals surface area contributed by atoms with Gasteiger partial charge in [0.05, 0.1) is 18.8 Å². The first-order valence-corrected chi connectivity index (χ1v) is 9.75. The number of rotatable bonds is 10. The summed E-state index contributed by atoms with van der Waals surface area (Å²) < 4.78 is 0. The fraction of sp³-hybridized carbons (Fsp3) is 0.556. The molecule has 31 heavy (non-hydrogen) atoms. The van der Waals surface area contributed by atoms with Gasteiger partial charge in [-0.1, -0.05) is 0 Å². The predicted octanol–water partition coefficient (Wildman–Crippen LogP) is -2.78. The molecule has 13 heteroatoms. The second kappa shape index (κ2) is 10.5. The van der Waals surface area contributed by atoms with E-state index in [9.17, 15) is 24.0 Å². The molecule has 1 saturated heterocycles. The molecule has 0 aliphatic carbocycles. The van der Waals surface area contributed by atoms with Crippen LogP contribution in [0.1, 0.15) is 31.9 Å². The minimum Gasteiger partial charge on any atom is -0.480 e. The molecule has 8 N–H and O–H groups in total. The zero-order valence-corrected chi connectivity index (χ0v) is 17.0. The number of aromatic amines is 1. The van der Waals surface area contributed by atoms with E-state index in [0.717, 1.165) is 0 Å². The molecule has 4 atom stereocenters. The number of primary amides is 1. The summed E-state index contributed by atoms with van der Waals surface area (Å²) in [7, 11) is 0. The van der Waals surface area contributed by atoms with Gasteiger partial charge < -0.3 is 37.1 Å². The Morgan fingerprint density at radius 2 is 2.03 bits per heavy atom. The summed E-state index contributed by atoms with van der Waals surface area (Å²) in [5, 5.41) is 13.7. The van der Waals surface area contributed by atoms with Crippen molar-refractivity contribution in [2.45, 2.75) is 56.8 Å². The summed E-state index contributed by atoms with van der Waals surface area (Å²) in [4.78, 5) is 68.3. The number of imidazole rings is 1. The van der Waals surface area contributed by atoms with Crippen molar-refractivity contribution in [3.8, 4) is 0 Å². The topological polar surface area (TPSA) is 214 Å². The number of likely N-dealkylation sites (tertiary alicyclic amines) is 1. The van der Waals surface area contributed by atoms with E-state index in [1.165, 1.54) is 24.3 Å². The molecular weight excluding hydrogens is 410 g/mol. The maximum absolute atomic E-state index is 13.0. The molecule has 1 aromatic rings. The number of amides is 4. The molecule has 1 aliphatic heterocycles. The number of carboxylic acid groups (broad SMARTS) is 1. The normalized spacial score (nSPS) is 18.6. The summed E-state index contributed by atoms with van der Waals surface area (Å²) >= 11 is 0. The highest BCUT2D eigenvalue weighted by Crippen LogP contribution is 2.19. The third-order valence-corrected chi connectivity index (χ3v) is 4.92. The molecule has 2 rings (SSSR count). The van der Waals surface area contributed by atoms with Gasteiger partial charge in [-0.3, -0.25) is 24.0 Å². The molecule has 0 saturated carbocycles. The Hall–Kier alpha value is -3.48. The minimum absolute atomic E-state index is 0.130. The van der Waals surface area contributed by atoms with Gasteiger partial charge in [0.2, 0.25) is 23.6 Å². The molecule has 4 unspecified atom stereocenters. The Bertz CT molecular complexity index is 827. The van der Waals surface area contributed by atoms with Crippen molar-refractivity contribution >= 4 is 29.6 Å². The Labute approximate surface area is 177 Å². The summed E-state index contributed by atoms with van der Waals surface area (Å²) in [6.45, 7) is 1.52. The first-order valence-electron chi connectivity index (χ1n) is 9.75. The highest BCUT2D eigenvalue weighted by atomic mass is 16.4. The maximum Gasteiger partial charge on any atom is 0.325 e. The molecule has 0 radical (unpaired) electrons. The van der Waals surface area contributed by atoms with E-state index in [1.54, 1.807) is 0 Å². The fourth-order valence-electron chi connectivity index (χ4n) is 3.28. The minimum atomic E-state index is -1.30. The number of H-pyrrole nitrogens is 1. The average Bonchev–Trinajstić information content (AvgIpc) is 3.38. The van der Waals surface area contributed by atoms with Crippen LogP contribution in [0.2, 0.25) is 0 Å². The first-order chi connectivity index (χ1) is 14.6. The maximum atomic E-state index is 13.0. The molecule has 0 aromatic carbocycles. The molecule has 0 bridgehead atoms. The van der Waals surface area contributed by atoms with E-state index < -0.39 is 60.2 Å². The fourth-order valence-corrected chi connectivity index (χ4v) is 3.28. The van der Waals surface area contributed by atoms with E-state index in [1.807, 2.05) is 0 Å². The van der Waals surface area contributed by atoms with Gasteiger partial charge in [0, 0.05) is 24.9 Å². The van der Waals surface area contributed by atoms with Gasteiger partial charge in [-0.15, -0.1) is 0 Å². The van der Waals surface area contributed by atoms with Crippen LogP contribution in [0.5, 0.6) is 0 Å². The van der Waals surface area contributed by atoms with Crippen molar-refractivity contribution in [3.05, 3.63) is 18.2 Å². The van der Waals surface area contributed by atoms with Gasteiger partial charge in [0.15, 0.2) is 0 Å². The quantitative estimate of drug-likeness (QED) is 0.225. The summed E-state index contributed by atoms with van der Waals surface area (Å²) in [5.74, 6) is -3.99. The van der Waals surface area contributed by atoms with Crippen LogP contribution in [0, 0.1) is 0 Å². The predicted molar refractivity (Wildman–Crippen MR) is 106 cm³/mol. The summed E-state index contributed by atoms with van der Waals surface area (Å²) in [5.41, 5.74) is 11.7. The van der Waals surface area contributed by atoms with Gasteiger partial charge in [0.1, 0.15) is 18.1 Å². The van der Waals surface area contributed by atoms with Crippen LogP contribution < -0.4 is 22.1 Å². The second-order valence-corrected chi connectivity index (χ2v) is 7.38. The van der Waals surface area contributed by atoms with Crippen LogP contribution >= 0.6 is 0 Å². The molecule has 0 spiro atoms.